The Bertz CT molecular complexity index is 3400. The maximum atomic E-state index is 15.6. The number of carbonyl (C=O) groups is 4. The van der Waals surface area contributed by atoms with Gasteiger partial charge in [0.1, 0.15) is 16.1 Å². The second-order valence-corrected chi connectivity index (χ2v) is 42.7. The Morgan fingerprint density at radius 3 is 1.09 bits per heavy atom. The van der Waals surface area contributed by atoms with E-state index in [4.69, 9.17) is 0 Å². The van der Waals surface area contributed by atoms with Crippen molar-refractivity contribution in [1.29, 1.82) is 0 Å². The molecule has 2 unspecified atom stereocenters. The molecule has 0 bridgehead atoms. The summed E-state index contributed by atoms with van der Waals surface area (Å²) in [5.74, 6) is 0.756. The Hall–Kier alpha value is -3.09. The molecule has 4 aliphatic heterocycles. The first kappa shape index (κ1) is 69.7. The van der Waals surface area contributed by atoms with Gasteiger partial charge in [-0.15, -0.1) is 68.0 Å². The van der Waals surface area contributed by atoms with E-state index in [1.165, 1.54) is 182 Å². The molecule has 0 N–H and O–H groups in total. The first-order valence-electron chi connectivity index (χ1n) is 36.4. The minimum atomic E-state index is -2.59. The van der Waals surface area contributed by atoms with Crippen molar-refractivity contribution in [3.63, 3.8) is 0 Å². The quantitative estimate of drug-likeness (QED) is 0.0218. The molecular formula is C76H108N2O4S6Si2. The van der Waals surface area contributed by atoms with Crippen molar-refractivity contribution in [3.8, 4) is 48.8 Å². The molecule has 0 aromatic carbocycles. The van der Waals surface area contributed by atoms with Crippen molar-refractivity contribution < 1.29 is 19.2 Å². The summed E-state index contributed by atoms with van der Waals surface area (Å²) in [4.78, 5) is 77.9. The monoisotopic (exact) mass is 1360 g/mol. The van der Waals surface area contributed by atoms with Crippen LogP contribution in [0.25, 0.3) is 48.8 Å². The molecule has 6 nitrogen and oxygen atoms in total. The van der Waals surface area contributed by atoms with Crippen LogP contribution in [0.3, 0.4) is 0 Å². The number of thiophene rings is 6. The van der Waals surface area contributed by atoms with E-state index in [1.807, 2.05) is 45.3 Å². The number of rotatable bonds is 41. The van der Waals surface area contributed by atoms with E-state index in [2.05, 4.69) is 93.5 Å². The van der Waals surface area contributed by atoms with Gasteiger partial charge in [-0.05, 0) is 108 Å². The SMILES string of the molecule is CCCCCCCC[Si]1(CCCCCCCC)c2cc(C)sc2-c2sc(-c3sc(-c4cc5c(s4)-c4sc(-c6sc(C)c7c6C(=O)N(CCCCCCC)C7=O)cc4[Si]5(CC(CC)CCCC)CC(CC)CCCC)c4c3C(=O)N(CCCCCCC)C4=O)cc21. The molecule has 0 radical (unpaired) electrons. The number of amides is 4. The number of imide groups is 2. The Morgan fingerprint density at radius 1 is 0.344 bits per heavy atom. The first-order valence-corrected chi connectivity index (χ1v) is 46.1. The lowest BCUT2D eigenvalue weighted by molar-refractivity contribution is 0.0636. The summed E-state index contributed by atoms with van der Waals surface area (Å²) < 4.78 is 0. The Balaban J connectivity index is 1.13. The summed E-state index contributed by atoms with van der Waals surface area (Å²) in [6.45, 7) is 23.9. The fraction of sp³-hybridized carbons (Fsp3) is 0.632. The predicted octanol–water partition coefficient (Wildman–Crippen LogP) is 23.0. The van der Waals surface area contributed by atoms with Crippen molar-refractivity contribution >= 4 is 129 Å². The molecule has 6 aromatic heterocycles. The number of carbonyl (C=O) groups excluding carboxylic acids is 4. The fourth-order valence-electron chi connectivity index (χ4n) is 16.1. The Labute approximate surface area is 568 Å². The van der Waals surface area contributed by atoms with Gasteiger partial charge in [0, 0.05) is 57.0 Å². The largest absolute Gasteiger partial charge is 0.274 e. The van der Waals surface area contributed by atoms with Gasteiger partial charge in [0.05, 0.1) is 36.9 Å². The molecule has 10 rings (SSSR count). The Morgan fingerprint density at radius 2 is 0.678 bits per heavy atom. The minimum Gasteiger partial charge on any atom is -0.274 e. The maximum Gasteiger partial charge on any atom is 0.263 e. The van der Waals surface area contributed by atoms with E-state index in [0.29, 0.717) is 47.2 Å². The number of hydrogen-bond acceptors (Lipinski definition) is 10. The van der Waals surface area contributed by atoms with Crippen molar-refractivity contribution in [1.82, 2.24) is 9.80 Å². The molecule has 0 saturated heterocycles. The van der Waals surface area contributed by atoms with Crippen LogP contribution in [0.2, 0.25) is 24.2 Å². The van der Waals surface area contributed by atoms with Gasteiger partial charge in [-0.25, -0.2) is 0 Å². The topological polar surface area (TPSA) is 74.8 Å². The van der Waals surface area contributed by atoms with E-state index in [9.17, 15) is 9.59 Å². The average Bonchev–Trinajstić information content (AvgIpc) is 1.58. The van der Waals surface area contributed by atoms with E-state index in [0.717, 1.165) is 93.5 Å². The third-order valence-electron chi connectivity index (χ3n) is 21.3. The van der Waals surface area contributed by atoms with Gasteiger partial charge in [-0.1, -0.05) is 235 Å². The van der Waals surface area contributed by atoms with Gasteiger partial charge in [-0.3, -0.25) is 29.0 Å². The molecular weight excluding hydrogens is 1250 g/mol. The van der Waals surface area contributed by atoms with Crippen LogP contribution in [-0.2, 0) is 0 Å². The van der Waals surface area contributed by atoms with Crippen LogP contribution >= 0.6 is 68.0 Å². The maximum absolute atomic E-state index is 15.6. The van der Waals surface area contributed by atoms with Gasteiger partial charge in [-0.2, -0.15) is 0 Å². The molecule has 4 amide bonds. The highest BCUT2D eigenvalue weighted by Gasteiger charge is 2.53. The van der Waals surface area contributed by atoms with Crippen LogP contribution in [0.4, 0.5) is 0 Å². The zero-order valence-electron chi connectivity index (χ0n) is 56.9. The van der Waals surface area contributed by atoms with E-state index >= 15 is 9.59 Å². The van der Waals surface area contributed by atoms with Crippen LogP contribution in [0.5, 0.6) is 0 Å². The summed E-state index contributed by atoms with van der Waals surface area (Å²) in [5.41, 5.74) is 2.58. The van der Waals surface area contributed by atoms with Crippen LogP contribution in [-0.4, -0.2) is 62.7 Å². The summed E-state index contributed by atoms with van der Waals surface area (Å²) in [6.07, 6.45) is 35.8. The zero-order chi connectivity index (χ0) is 63.7. The molecule has 2 atom stereocenters. The van der Waals surface area contributed by atoms with Gasteiger partial charge in [0.25, 0.3) is 23.6 Å². The highest BCUT2D eigenvalue weighted by molar-refractivity contribution is 7.35. The summed E-state index contributed by atoms with van der Waals surface area (Å²) >= 11 is 11.1. The van der Waals surface area contributed by atoms with Crippen LogP contribution in [0.1, 0.15) is 299 Å². The number of aryl methyl sites for hydroxylation is 2. The standard InChI is InChI=1S/C76H108N2O4S6Si2/c1-11-19-25-29-33-37-43-89(44-38-34-30-26-20-12-2)58-45-51(9)83-69(58)70-59(89)46-56(86-70)67-64-65(76(82)78(75(64)81)42-36-32-28-22-14-4)68(88-67)57-48-61-72(87-57)71-60(90(61,49-53(17-7)39-23-15-5)50-54(18-8)40-24-16-6)47-55(85-71)66-63-62(52(10)84-66)73(79)77(74(63)80)41-35-31-27-21-13-3/h45-48,53-54H,11-44,49-50H2,1-10H3. The summed E-state index contributed by atoms with van der Waals surface area (Å²) in [6, 6.07) is 15.3. The van der Waals surface area contributed by atoms with Crippen molar-refractivity contribution in [2.45, 2.75) is 286 Å². The van der Waals surface area contributed by atoms with Gasteiger partial charge >= 0.3 is 0 Å². The molecule has 14 heteroatoms. The summed E-state index contributed by atoms with van der Waals surface area (Å²) in [7, 11) is -4.76. The molecule has 0 aliphatic carbocycles. The van der Waals surface area contributed by atoms with Crippen molar-refractivity contribution in [2.75, 3.05) is 13.1 Å². The number of nitrogens with zero attached hydrogens (tertiary/aromatic N) is 2. The number of fused-ring (bicyclic) bond motifs is 8. The lowest BCUT2D eigenvalue weighted by Gasteiger charge is -2.35. The fourth-order valence-corrected chi connectivity index (χ4v) is 38.6. The normalized spacial score (nSPS) is 16.9. The third-order valence-corrected chi connectivity index (χ3v) is 40.3. The van der Waals surface area contributed by atoms with Gasteiger partial charge in [0.15, 0.2) is 0 Å². The molecule has 0 fully saturated rings. The smallest absolute Gasteiger partial charge is 0.263 e. The minimum absolute atomic E-state index is 0.0878. The van der Waals surface area contributed by atoms with Crippen molar-refractivity contribution in [3.05, 3.63) is 56.3 Å². The van der Waals surface area contributed by atoms with Crippen LogP contribution in [0, 0.1) is 25.7 Å². The Kier molecular flexibility index (Phi) is 24.9. The van der Waals surface area contributed by atoms with E-state index in [-0.39, 0.29) is 23.6 Å². The predicted molar refractivity (Wildman–Crippen MR) is 401 cm³/mol. The molecule has 10 heterocycles. The third kappa shape index (κ3) is 14.0. The zero-order valence-corrected chi connectivity index (χ0v) is 63.8. The lowest BCUT2D eigenvalue weighted by atomic mass is 10.0. The van der Waals surface area contributed by atoms with Crippen LogP contribution in [0.15, 0.2) is 24.3 Å². The molecule has 6 aromatic rings. The molecule has 0 saturated carbocycles. The highest BCUT2D eigenvalue weighted by Crippen LogP contribution is 2.56. The average molecular weight is 1360 g/mol. The first-order chi connectivity index (χ1) is 43.8. The number of unbranched alkanes of at least 4 members (excludes halogenated alkanes) is 20. The highest BCUT2D eigenvalue weighted by atomic mass is 32.1. The summed E-state index contributed by atoms with van der Waals surface area (Å²) in [5, 5.41) is 6.43. The molecule has 90 heavy (non-hydrogen) atoms. The van der Waals surface area contributed by atoms with Gasteiger partial charge in [0.2, 0.25) is 0 Å². The van der Waals surface area contributed by atoms with Crippen LogP contribution < -0.4 is 20.7 Å². The second-order valence-electron chi connectivity index (χ2n) is 27.7. The second kappa shape index (κ2) is 32.1. The van der Waals surface area contributed by atoms with Gasteiger partial charge < -0.3 is 0 Å². The van der Waals surface area contributed by atoms with Crippen molar-refractivity contribution in [2.24, 2.45) is 11.8 Å². The molecule has 0 spiro atoms. The van der Waals surface area contributed by atoms with E-state index in [1.54, 1.807) is 53.2 Å². The van der Waals surface area contributed by atoms with E-state index < -0.39 is 16.1 Å². The molecule has 4 aliphatic rings. The molecule has 490 valence electrons. The number of hydrogen-bond donors (Lipinski definition) is 0. The lowest BCUT2D eigenvalue weighted by Crippen LogP contribution is -2.56.